The van der Waals surface area contributed by atoms with E-state index < -0.39 is 0 Å². The van der Waals surface area contributed by atoms with Crippen LogP contribution in [0.3, 0.4) is 0 Å². The summed E-state index contributed by atoms with van der Waals surface area (Å²) in [5.74, 6) is 1.69. The average molecular weight is 383 g/mol. The standard InChI is InChI=1S/C19H19ClN6O/c20-15-4-3-5-16(12-15)23-19(27)26-10-8-25(9-11-26)18-13-17(21-14-22-18)24-6-1-2-7-24/h1-7,12-14H,8-11H2,(H,23,27). The smallest absolute Gasteiger partial charge is 0.321 e. The van der Waals surface area contributed by atoms with E-state index in [2.05, 4.69) is 20.2 Å². The second-order valence-corrected chi connectivity index (χ2v) is 6.68. The summed E-state index contributed by atoms with van der Waals surface area (Å²) in [6, 6.07) is 12.9. The van der Waals surface area contributed by atoms with Crippen molar-refractivity contribution in [2.75, 3.05) is 36.4 Å². The molecule has 2 amide bonds. The van der Waals surface area contributed by atoms with E-state index in [1.165, 1.54) is 0 Å². The summed E-state index contributed by atoms with van der Waals surface area (Å²) in [5, 5.41) is 3.49. The number of nitrogens with one attached hydrogen (secondary N) is 1. The highest BCUT2D eigenvalue weighted by Gasteiger charge is 2.22. The van der Waals surface area contributed by atoms with Crippen LogP contribution in [0.5, 0.6) is 0 Å². The molecular formula is C19H19ClN6O. The Morgan fingerprint density at radius 3 is 2.44 bits per heavy atom. The van der Waals surface area contributed by atoms with Crippen molar-refractivity contribution in [3.8, 4) is 5.82 Å². The lowest BCUT2D eigenvalue weighted by Crippen LogP contribution is -2.50. The molecule has 1 N–H and O–H groups in total. The fourth-order valence-electron chi connectivity index (χ4n) is 3.05. The van der Waals surface area contributed by atoms with Gasteiger partial charge in [0, 0.05) is 55.3 Å². The zero-order valence-corrected chi connectivity index (χ0v) is 15.4. The predicted molar refractivity (Wildman–Crippen MR) is 106 cm³/mol. The fraction of sp³-hybridized carbons (Fsp3) is 0.211. The molecule has 0 saturated carbocycles. The van der Waals surface area contributed by atoms with Crippen LogP contribution in [-0.2, 0) is 0 Å². The molecule has 0 aliphatic carbocycles. The number of amides is 2. The highest BCUT2D eigenvalue weighted by Crippen LogP contribution is 2.18. The first-order valence-corrected chi connectivity index (χ1v) is 9.09. The quantitative estimate of drug-likeness (QED) is 0.755. The molecule has 1 aliphatic rings. The summed E-state index contributed by atoms with van der Waals surface area (Å²) in [7, 11) is 0. The molecular weight excluding hydrogens is 364 g/mol. The molecule has 4 rings (SSSR count). The number of carbonyl (C=O) groups is 1. The number of benzene rings is 1. The van der Waals surface area contributed by atoms with E-state index in [-0.39, 0.29) is 6.03 Å². The first kappa shape index (κ1) is 17.4. The van der Waals surface area contributed by atoms with Crippen LogP contribution < -0.4 is 10.2 Å². The molecule has 7 nitrogen and oxygen atoms in total. The number of nitrogens with zero attached hydrogens (tertiary/aromatic N) is 5. The molecule has 0 atom stereocenters. The minimum atomic E-state index is -0.118. The Bertz CT molecular complexity index is 921. The molecule has 3 aromatic rings. The van der Waals surface area contributed by atoms with Crippen molar-refractivity contribution in [1.29, 1.82) is 0 Å². The van der Waals surface area contributed by atoms with Crippen LogP contribution in [-0.4, -0.2) is 51.6 Å². The van der Waals surface area contributed by atoms with Gasteiger partial charge in [-0.25, -0.2) is 14.8 Å². The number of piperazine rings is 1. The van der Waals surface area contributed by atoms with Crippen LogP contribution in [0.25, 0.3) is 5.82 Å². The van der Waals surface area contributed by atoms with Crippen molar-refractivity contribution < 1.29 is 4.79 Å². The molecule has 0 bridgehead atoms. The van der Waals surface area contributed by atoms with Crippen molar-refractivity contribution in [1.82, 2.24) is 19.4 Å². The minimum absolute atomic E-state index is 0.118. The van der Waals surface area contributed by atoms with E-state index in [1.54, 1.807) is 23.4 Å². The Balaban J connectivity index is 1.37. The lowest BCUT2D eigenvalue weighted by Gasteiger charge is -2.35. The van der Waals surface area contributed by atoms with E-state index >= 15 is 0 Å². The summed E-state index contributed by atoms with van der Waals surface area (Å²) in [5.41, 5.74) is 0.696. The van der Waals surface area contributed by atoms with E-state index in [0.29, 0.717) is 36.9 Å². The molecule has 0 spiro atoms. The van der Waals surface area contributed by atoms with Crippen LogP contribution in [0.4, 0.5) is 16.3 Å². The minimum Gasteiger partial charge on any atom is -0.353 e. The lowest BCUT2D eigenvalue weighted by atomic mass is 10.3. The maximum absolute atomic E-state index is 12.5. The second kappa shape index (κ2) is 7.67. The van der Waals surface area contributed by atoms with Gasteiger partial charge in [-0.15, -0.1) is 0 Å². The van der Waals surface area contributed by atoms with E-state index in [1.807, 2.05) is 47.3 Å². The van der Waals surface area contributed by atoms with Gasteiger partial charge >= 0.3 is 6.03 Å². The number of carbonyl (C=O) groups excluding carboxylic acids is 1. The van der Waals surface area contributed by atoms with Crippen molar-refractivity contribution in [2.24, 2.45) is 0 Å². The normalized spacial score (nSPS) is 14.3. The summed E-state index contributed by atoms with van der Waals surface area (Å²) in [4.78, 5) is 25.1. The van der Waals surface area contributed by atoms with Crippen molar-refractivity contribution in [2.45, 2.75) is 0 Å². The van der Waals surface area contributed by atoms with Gasteiger partial charge in [-0.3, -0.25) is 0 Å². The van der Waals surface area contributed by atoms with Gasteiger partial charge in [-0.1, -0.05) is 17.7 Å². The fourth-order valence-corrected chi connectivity index (χ4v) is 3.24. The van der Waals surface area contributed by atoms with Crippen LogP contribution in [0.2, 0.25) is 5.02 Å². The first-order chi connectivity index (χ1) is 13.2. The van der Waals surface area contributed by atoms with Crippen molar-refractivity contribution >= 4 is 29.1 Å². The Kier molecular flexibility index (Phi) is 4.93. The third-order valence-corrected chi connectivity index (χ3v) is 4.71. The van der Waals surface area contributed by atoms with Gasteiger partial charge in [-0.2, -0.15) is 0 Å². The molecule has 1 aromatic carbocycles. The summed E-state index contributed by atoms with van der Waals surface area (Å²) in [6.45, 7) is 2.67. The van der Waals surface area contributed by atoms with E-state index in [4.69, 9.17) is 11.6 Å². The molecule has 3 heterocycles. The van der Waals surface area contributed by atoms with Crippen LogP contribution in [0.1, 0.15) is 0 Å². The maximum atomic E-state index is 12.5. The number of anilines is 2. The van der Waals surface area contributed by atoms with Gasteiger partial charge in [0.2, 0.25) is 0 Å². The number of halogens is 1. The van der Waals surface area contributed by atoms with Crippen LogP contribution >= 0.6 is 11.6 Å². The number of hydrogen-bond donors (Lipinski definition) is 1. The second-order valence-electron chi connectivity index (χ2n) is 6.24. The van der Waals surface area contributed by atoms with Crippen LogP contribution in [0, 0.1) is 0 Å². The number of rotatable bonds is 3. The zero-order chi connectivity index (χ0) is 18.6. The van der Waals surface area contributed by atoms with Gasteiger partial charge in [-0.05, 0) is 30.3 Å². The van der Waals surface area contributed by atoms with Gasteiger partial charge in [0.1, 0.15) is 18.0 Å². The predicted octanol–water partition coefficient (Wildman–Crippen LogP) is 3.27. The zero-order valence-electron chi connectivity index (χ0n) is 14.6. The molecule has 0 unspecified atom stereocenters. The number of urea groups is 1. The molecule has 8 heteroatoms. The summed E-state index contributed by atoms with van der Waals surface area (Å²) in [6.07, 6.45) is 5.47. The molecule has 2 aromatic heterocycles. The Labute approximate surface area is 162 Å². The Morgan fingerprint density at radius 1 is 0.963 bits per heavy atom. The van der Waals surface area contributed by atoms with Gasteiger partial charge in [0.25, 0.3) is 0 Å². The SMILES string of the molecule is O=C(Nc1cccc(Cl)c1)N1CCN(c2cc(-n3cccc3)ncn2)CC1. The largest absolute Gasteiger partial charge is 0.353 e. The van der Waals surface area contributed by atoms with Gasteiger partial charge in [0.15, 0.2) is 0 Å². The van der Waals surface area contributed by atoms with E-state index in [9.17, 15) is 4.79 Å². The molecule has 138 valence electrons. The maximum Gasteiger partial charge on any atom is 0.321 e. The Morgan fingerprint density at radius 2 is 1.70 bits per heavy atom. The van der Waals surface area contributed by atoms with Gasteiger partial charge in [0.05, 0.1) is 0 Å². The summed E-state index contributed by atoms with van der Waals surface area (Å²) < 4.78 is 1.94. The summed E-state index contributed by atoms with van der Waals surface area (Å²) >= 11 is 5.97. The number of aromatic nitrogens is 3. The molecule has 1 aliphatic heterocycles. The first-order valence-electron chi connectivity index (χ1n) is 8.71. The molecule has 1 saturated heterocycles. The number of hydrogen-bond acceptors (Lipinski definition) is 4. The van der Waals surface area contributed by atoms with Crippen molar-refractivity contribution in [3.63, 3.8) is 0 Å². The highest BCUT2D eigenvalue weighted by atomic mass is 35.5. The molecule has 0 radical (unpaired) electrons. The third kappa shape index (κ3) is 4.03. The molecule has 1 fully saturated rings. The van der Waals surface area contributed by atoms with E-state index in [0.717, 1.165) is 11.6 Å². The van der Waals surface area contributed by atoms with Crippen molar-refractivity contribution in [3.05, 3.63) is 66.2 Å². The van der Waals surface area contributed by atoms with Gasteiger partial charge < -0.3 is 19.7 Å². The average Bonchev–Trinajstić information content (AvgIpc) is 3.23. The highest BCUT2D eigenvalue weighted by molar-refractivity contribution is 6.30. The monoisotopic (exact) mass is 382 g/mol. The van der Waals surface area contributed by atoms with Crippen LogP contribution in [0.15, 0.2) is 61.2 Å². The molecule has 27 heavy (non-hydrogen) atoms. The lowest BCUT2D eigenvalue weighted by molar-refractivity contribution is 0.208. The topological polar surface area (TPSA) is 66.3 Å². The Hall–Kier alpha value is -3.06. The third-order valence-electron chi connectivity index (χ3n) is 4.47.